The largest absolute Gasteiger partial charge is 0.481 e. The van der Waals surface area contributed by atoms with E-state index in [9.17, 15) is 4.79 Å². The lowest BCUT2D eigenvalue weighted by Gasteiger charge is -2.14. The molecule has 0 amide bonds. The molecule has 0 radical (unpaired) electrons. The molecule has 0 aromatic carbocycles. The maximum atomic E-state index is 11.0. The smallest absolute Gasteiger partial charge is 0.311 e. The summed E-state index contributed by atoms with van der Waals surface area (Å²) in [6.07, 6.45) is 4.49. The van der Waals surface area contributed by atoms with E-state index >= 15 is 0 Å². The molecule has 0 saturated carbocycles. The average Bonchev–Trinajstić information content (AvgIpc) is 2.82. The third-order valence-corrected chi connectivity index (χ3v) is 5.03. The molecule has 2 aromatic rings. The number of aliphatic carboxylic acids is 1. The van der Waals surface area contributed by atoms with Gasteiger partial charge in [-0.1, -0.05) is 13.8 Å². The number of hydrogen-bond donors (Lipinski definition) is 2. The molecular weight excluding hydrogens is 298 g/mol. The number of anilines is 1. The van der Waals surface area contributed by atoms with Crippen molar-refractivity contribution in [3.63, 3.8) is 0 Å². The number of nitrogens with one attached hydrogen (secondary N) is 1. The zero-order valence-corrected chi connectivity index (χ0v) is 13.8. The number of carbonyl (C=O) groups is 1. The fourth-order valence-corrected chi connectivity index (χ4v) is 4.12. The Morgan fingerprint density at radius 3 is 2.82 bits per heavy atom. The molecule has 0 unspecified atom stereocenters. The van der Waals surface area contributed by atoms with Gasteiger partial charge in [0.15, 0.2) is 0 Å². The minimum absolute atomic E-state index is 0.130. The van der Waals surface area contributed by atoms with Gasteiger partial charge < -0.3 is 10.4 Å². The highest BCUT2D eigenvalue weighted by molar-refractivity contribution is 7.19. The highest BCUT2D eigenvalue weighted by Crippen LogP contribution is 2.38. The molecule has 1 aliphatic rings. The van der Waals surface area contributed by atoms with Gasteiger partial charge in [0.2, 0.25) is 0 Å². The van der Waals surface area contributed by atoms with Crippen LogP contribution in [0.25, 0.3) is 10.2 Å². The third kappa shape index (κ3) is 3.06. The first-order chi connectivity index (χ1) is 10.5. The number of rotatable bonds is 5. The Balaban J connectivity index is 2.09. The number of carboxylic acid groups (broad SMARTS) is 1. The molecule has 22 heavy (non-hydrogen) atoms. The van der Waals surface area contributed by atoms with Gasteiger partial charge in [0.25, 0.3) is 0 Å². The van der Waals surface area contributed by atoms with Crippen molar-refractivity contribution < 1.29 is 9.90 Å². The summed E-state index contributed by atoms with van der Waals surface area (Å²) in [4.78, 5) is 22.3. The van der Waals surface area contributed by atoms with E-state index < -0.39 is 5.97 Å². The van der Waals surface area contributed by atoms with E-state index in [1.54, 1.807) is 11.3 Å². The fraction of sp³-hybridized carbons (Fsp3) is 0.562. The van der Waals surface area contributed by atoms with Gasteiger partial charge in [-0.05, 0) is 37.2 Å². The normalized spacial score (nSPS) is 14.3. The Labute approximate surface area is 133 Å². The van der Waals surface area contributed by atoms with Crippen molar-refractivity contribution in [2.24, 2.45) is 5.92 Å². The number of aromatic nitrogens is 2. The number of nitrogens with zero attached hydrogens (tertiary/aromatic N) is 2. The minimum atomic E-state index is -0.893. The highest BCUT2D eigenvalue weighted by atomic mass is 32.1. The van der Waals surface area contributed by atoms with Crippen LogP contribution < -0.4 is 5.32 Å². The van der Waals surface area contributed by atoms with Crippen molar-refractivity contribution in [2.75, 3.05) is 11.9 Å². The summed E-state index contributed by atoms with van der Waals surface area (Å²) in [5.74, 6) is 0.817. The Hall–Kier alpha value is -1.69. The predicted molar refractivity (Wildman–Crippen MR) is 88.7 cm³/mol. The van der Waals surface area contributed by atoms with Crippen molar-refractivity contribution >= 4 is 33.3 Å². The van der Waals surface area contributed by atoms with Gasteiger partial charge in [0.1, 0.15) is 22.9 Å². The summed E-state index contributed by atoms with van der Waals surface area (Å²) in [5, 5.41) is 13.5. The highest BCUT2D eigenvalue weighted by Gasteiger charge is 2.21. The Morgan fingerprint density at radius 1 is 1.32 bits per heavy atom. The van der Waals surface area contributed by atoms with Crippen molar-refractivity contribution in [1.82, 2.24) is 9.97 Å². The van der Waals surface area contributed by atoms with Crippen LogP contribution in [0.5, 0.6) is 0 Å². The van der Waals surface area contributed by atoms with Crippen LogP contribution in [0.3, 0.4) is 0 Å². The predicted octanol–water partition coefficient (Wildman–Crippen LogP) is 3.27. The number of fused-ring (bicyclic) bond motifs is 3. The van der Waals surface area contributed by atoms with Crippen molar-refractivity contribution in [3.8, 4) is 0 Å². The monoisotopic (exact) mass is 319 g/mol. The standard InChI is InChI=1S/C16H21N3O2S/c1-9(2)8-17-15-14-10-5-3-4-6-11(10)22-16(14)19-12(18-15)7-13(20)21/h9H,3-8H2,1-2H3,(H,20,21)(H,17,18,19). The lowest BCUT2D eigenvalue weighted by molar-refractivity contribution is -0.136. The second kappa shape index (κ2) is 6.20. The van der Waals surface area contributed by atoms with Gasteiger partial charge in [0.05, 0.1) is 5.39 Å². The van der Waals surface area contributed by atoms with Crippen molar-refractivity contribution in [1.29, 1.82) is 0 Å². The number of hydrogen-bond acceptors (Lipinski definition) is 5. The average molecular weight is 319 g/mol. The maximum Gasteiger partial charge on any atom is 0.311 e. The van der Waals surface area contributed by atoms with Crippen LogP contribution in [-0.4, -0.2) is 27.6 Å². The molecule has 5 nitrogen and oxygen atoms in total. The molecule has 6 heteroatoms. The molecule has 2 N–H and O–H groups in total. The summed E-state index contributed by atoms with van der Waals surface area (Å²) in [5.41, 5.74) is 1.37. The Bertz CT molecular complexity index is 709. The minimum Gasteiger partial charge on any atom is -0.481 e. The van der Waals surface area contributed by atoms with Gasteiger partial charge in [0, 0.05) is 11.4 Å². The Kier molecular flexibility index (Phi) is 4.29. The molecule has 118 valence electrons. The van der Waals surface area contributed by atoms with Crippen LogP contribution in [0.4, 0.5) is 5.82 Å². The van der Waals surface area contributed by atoms with Crippen LogP contribution in [0, 0.1) is 5.92 Å². The van der Waals surface area contributed by atoms with E-state index in [-0.39, 0.29) is 6.42 Å². The van der Waals surface area contributed by atoms with Crippen LogP contribution in [-0.2, 0) is 24.1 Å². The van der Waals surface area contributed by atoms with Crippen LogP contribution in [0.15, 0.2) is 0 Å². The molecular formula is C16H21N3O2S. The second-order valence-corrected chi connectivity index (χ2v) is 7.31. The molecule has 0 atom stereocenters. The van der Waals surface area contributed by atoms with Crippen LogP contribution in [0.2, 0.25) is 0 Å². The topological polar surface area (TPSA) is 75.1 Å². The molecule has 3 rings (SSSR count). The SMILES string of the molecule is CC(C)CNc1nc(CC(=O)O)nc2sc3c(c12)CCCC3. The van der Waals surface area contributed by atoms with Crippen LogP contribution in [0.1, 0.15) is 43.0 Å². The van der Waals surface area contributed by atoms with Crippen molar-refractivity contribution in [3.05, 3.63) is 16.3 Å². The zero-order chi connectivity index (χ0) is 15.7. The number of aryl methyl sites for hydroxylation is 2. The molecule has 0 bridgehead atoms. The third-order valence-electron chi connectivity index (χ3n) is 3.85. The quantitative estimate of drug-likeness (QED) is 0.884. The lowest BCUT2D eigenvalue weighted by atomic mass is 9.97. The summed E-state index contributed by atoms with van der Waals surface area (Å²) in [7, 11) is 0. The van der Waals surface area contributed by atoms with E-state index in [1.165, 1.54) is 23.3 Å². The first-order valence-electron chi connectivity index (χ1n) is 7.81. The van der Waals surface area contributed by atoms with Gasteiger partial charge in [-0.25, -0.2) is 9.97 Å². The van der Waals surface area contributed by atoms with E-state index in [2.05, 4.69) is 29.1 Å². The number of carboxylic acids is 1. The molecule has 0 saturated heterocycles. The van der Waals surface area contributed by atoms with E-state index in [1.807, 2.05) is 0 Å². The van der Waals surface area contributed by atoms with Crippen molar-refractivity contribution in [2.45, 2.75) is 46.0 Å². The molecule has 0 aliphatic heterocycles. The lowest BCUT2D eigenvalue weighted by Crippen LogP contribution is -2.13. The first kappa shape index (κ1) is 15.2. The van der Waals surface area contributed by atoms with E-state index in [0.29, 0.717) is 11.7 Å². The molecule has 2 heterocycles. The zero-order valence-electron chi connectivity index (χ0n) is 13.0. The van der Waals surface area contributed by atoms with E-state index in [4.69, 9.17) is 5.11 Å². The molecule has 1 aliphatic carbocycles. The molecule has 0 fully saturated rings. The van der Waals surface area contributed by atoms with Gasteiger partial charge >= 0.3 is 5.97 Å². The first-order valence-corrected chi connectivity index (χ1v) is 8.63. The maximum absolute atomic E-state index is 11.0. The van der Waals surface area contributed by atoms with Gasteiger partial charge in [-0.15, -0.1) is 11.3 Å². The molecule has 0 spiro atoms. The summed E-state index contributed by atoms with van der Waals surface area (Å²) >= 11 is 1.71. The van der Waals surface area contributed by atoms with Crippen LogP contribution >= 0.6 is 11.3 Å². The molecule has 2 aromatic heterocycles. The fourth-order valence-electron chi connectivity index (χ4n) is 2.84. The Morgan fingerprint density at radius 2 is 2.09 bits per heavy atom. The second-order valence-electron chi connectivity index (χ2n) is 6.22. The summed E-state index contributed by atoms with van der Waals surface area (Å²) in [6.45, 7) is 5.11. The number of thiophene rings is 1. The van der Waals surface area contributed by atoms with Gasteiger partial charge in [-0.2, -0.15) is 0 Å². The van der Waals surface area contributed by atoms with Gasteiger partial charge in [-0.3, -0.25) is 4.79 Å². The van der Waals surface area contributed by atoms with E-state index in [0.717, 1.165) is 35.4 Å². The summed E-state index contributed by atoms with van der Waals surface area (Å²) in [6, 6.07) is 0. The summed E-state index contributed by atoms with van der Waals surface area (Å²) < 4.78 is 0.